The van der Waals surface area contributed by atoms with Crippen LogP contribution in [0, 0.1) is 0 Å². The van der Waals surface area contributed by atoms with Gasteiger partial charge >= 0.3 is 5.97 Å². The summed E-state index contributed by atoms with van der Waals surface area (Å²) in [5.74, 6) is -0.176. The van der Waals surface area contributed by atoms with E-state index in [1.54, 1.807) is 7.11 Å². The van der Waals surface area contributed by atoms with Crippen LogP contribution in [-0.2, 0) is 14.3 Å². The minimum atomic E-state index is -0.571. The molecule has 0 aromatic heterocycles. The number of nitrogens with zero attached hydrogens (tertiary/aromatic N) is 1. The number of hydrogen-bond donors (Lipinski definition) is 1. The van der Waals surface area contributed by atoms with E-state index in [2.05, 4.69) is 24.1 Å². The molecule has 1 N–H and O–H groups in total. The van der Waals surface area contributed by atoms with Crippen molar-refractivity contribution in [1.82, 2.24) is 10.2 Å². The van der Waals surface area contributed by atoms with Gasteiger partial charge < -0.3 is 14.8 Å². The molecule has 5 heteroatoms. The molecule has 0 aromatic rings. The van der Waals surface area contributed by atoms with Gasteiger partial charge in [-0.3, -0.25) is 9.69 Å². The van der Waals surface area contributed by atoms with Crippen LogP contribution in [0.25, 0.3) is 0 Å². The first-order valence-electron chi connectivity index (χ1n) is 8.01. The summed E-state index contributed by atoms with van der Waals surface area (Å²) in [6, 6.07) is 0.431. The van der Waals surface area contributed by atoms with Gasteiger partial charge in [-0.1, -0.05) is 13.8 Å². The molecule has 0 bridgehead atoms. The fourth-order valence-corrected chi connectivity index (χ4v) is 2.71. The number of ether oxygens (including phenoxy) is 2. The number of carbonyl (C=O) groups excluding carboxylic acids is 1. The summed E-state index contributed by atoms with van der Waals surface area (Å²) in [5, 5.41) is 3.25. The van der Waals surface area contributed by atoms with Crippen molar-refractivity contribution >= 4 is 5.97 Å². The molecule has 0 aliphatic heterocycles. The Balaban J connectivity index is 4.23. The predicted molar refractivity (Wildman–Crippen MR) is 86.5 cm³/mol. The Hall–Kier alpha value is -0.650. The molecule has 0 aromatic carbocycles. The van der Waals surface area contributed by atoms with E-state index >= 15 is 0 Å². The first-order chi connectivity index (χ1) is 9.95. The molecule has 126 valence electrons. The van der Waals surface area contributed by atoms with Gasteiger partial charge in [0.25, 0.3) is 0 Å². The Kier molecular flexibility index (Phi) is 10.6. The van der Waals surface area contributed by atoms with E-state index in [4.69, 9.17) is 9.47 Å². The second kappa shape index (κ2) is 11.0. The highest BCUT2D eigenvalue weighted by atomic mass is 16.5. The van der Waals surface area contributed by atoms with E-state index in [0.717, 1.165) is 45.5 Å². The number of esters is 1. The zero-order valence-corrected chi connectivity index (χ0v) is 14.7. The molecule has 5 nitrogen and oxygen atoms in total. The molecule has 0 heterocycles. The monoisotopic (exact) mass is 302 g/mol. The van der Waals surface area contributed by atoms with Crippen molar-refractivity contribution in [3.8, 4) is 0 Å². The SMILES string of the molecule is CCNC(C)(CCCCN(CC)C(C)COC)C(=O)OC. The van der Waals surface area contributed by atoms with Crippen molar-refractivity contribution in [2.45, 2.75) is 58.5 Å². The maximum absolute atomic E-state index is 11.9. The predicted octanol–water partition coefficient (Wildman–Crippen LogP) is 2.05. The number of nitrogens with one attached hydrogen (secondary N) is 1. The van der Waals surface area contributed by atoms with Crippen molar-refractivity contribution < 1.29 is 14.3 Å². The lowest BCUT2D eigenvalue weighted by molar-refractivity contribution is -0.148. The average Bonchev–Trinajstić information content (AvgIpc) is 2.46. The van der Waals surface area contributed by atoms with Crippen molar-refractivity contribution in [3.63, 3.8) is 0 Å². The van der Waals surface area contributed by atoms with E-state index in [1.807, 2.05) is 13.8 Å². The highest BCUT2D eigenvalue weighted by molar-refractivity contribution is 5.80. The lowest BCUT2D eigenvalue weighted by atomic mass is 9.94. The molecule has 0 amide bonds. The summed E-state index contributed by atoms with van der Waals surface area (Å²) in [6.07, 6.45) is 2.86. The Morgan fingerprint density at radius 1 is 1.29 bits per heavy atom. The zero-order valence-electron chi connectivity index (χ0n) is 14.7. The molecule has 21 heavy (non-hydrogen) atoms. The standard InChI is InChI=1S/C16H34N2O3/c1-7-17-16(4,15(19)21-6)11-9-10-12-18(8-2)14(3)13-20-5/h14,17H,7-13H2,1-6H3. The first-order valence-corrected chi connectivity index (χ1v) is 8.01. The summed E-state index contributed by atoms with van der Waals surface area (Å²) in [4.78, 5) is 14.3. The topological polar surface area (TPSA) is 50.8 Å². The normalized spacial score (nSPS) is 15.8. The Morgan fingerprint density at radius 3 is 2.43 bits per heavy atom. The number of likely N-dealkylation sites (N-methyl/N-ethyl adjacent to an activating group) is 2. The van der Waals surface area contributed by atoms with Crippen LogP contribution in [0.15, 0.2) is 0 Å². The third-order valence-electron chi connectivity index (χ3n) is 4.01. The van der Waals surface area contributed by atoms with Gasteiger partial charge in [0.1, 0.15) is 5.54 Å². The molecule has 0 rings (SSSR count). The third-order valence-corrected chi connectivity index (χ3v) is 4.01. The van der Waals surface area contributed by atoms with Crippen molar-refractivity contribution in [3.05, 3.63) is 0 Å². The van der Waals surface area contributed by atoms with Crippen molar-refractivity contribution in [2.24, 2.45) is 0 Å². The summed E-state index contributed by atoms with van der Waals surface area (Å²) < 4.78 is 10.1. The Morgan fingerprint density at radius 2 is 1.95 bits per heavy atom. The number of hydrogen-bond acceptors (Lipinski definition) is 5. The van der Waals surface area contributed by atoms with Gasteiger partial charge in [0.15, 0.2) is 0 Å². The minimum Gasteiger partial charge on any atom is -0.468 e. The molecule has 0 aliphatic carbocycles. The summed E-state index contributed by atoms with van der Waals surface area (Å²) >= 11 is 0. The quantitative estimate of drug-likeness (QED) is 0.442. The maximum Gasteiger partial charge on any atom is 0.325 e. The van der Waals surface area contributed by atoms with Gasteiger partial charge in [-0.15, -0.1) is 0 Å². The fourth-order valence-electron chi connectivity index (χ4n) is 2.71. The average molecular weight is 302 g/mol. The Labute approximate surface area is 130 Å². The second-order valence-electron chi connectivity index (χ2n) is 5.74. The molecule has 2 atom stereocenters. The van der Waals surface area contributed by atoms with Gasteiger partial charge in [0, 0.05) is 13.2 Å². The van der Waals surface area contributed by atoms with Gasteiger partial charge in [-0.2, -0.15) is 0 Å². The second-order valence-corrected chi connectivity index (χ2v) is 5.74. The van der Waals surface area contributed by atoms with Crippen LogP contribution in [0.2, 0.25) is 0 Å². The number of methoxy groups -OCH3 is 2. The molecule has 0 spiro atoms. The zero-order chi connectivity index (χ0) is 16.3. The molecular weight excluding hydrogens is 268 g/mol. The van der Waals surface area contributed by atoms with Crippen LogP contribution in [0.3, 0.4) is 0 Å². The summed E-state index contributed by atoms with van der Waals surface area (Å²) in [5.41, 5.74) is -0.571. The smallest absolute Gasteiger partial charge is 0.325 e. The molecule has 0 radical (unpaired) electrons. The molecular formula is C16H34N2O3. The number of carbonyl (C=O) groups is 1. The minimum absolute atomic E-state index is 0.176. The largest absolute Gasteiger partial charge is 0.468 e. The maximum atomic E-state index is 11.9. The molecule has 0 saturated heterocycles. The van der Waals surface area contributed by atoms with Gasteiger partial charge in [-0.25, -0.2) is 0 Å². The fraction of sp³-hybridized carbons (Fsp3) is 0.938. The Bertz CT molecular complexity index is 287. The van der Waals surface area contributed by atoms with Gasteiger partial charge in [0.05, 0.1) is 13.7 Å². The van der Waals surface area contributed by atoms with Crippen LogP contribution >= 0.6 is 0 Å². The molecule has 0 aliphatic rings. The van der Waals surface area contributed by atoms with Crippen LogP contribution in [0.1, 0.15) is 47.0 Å². The van der Waals surface area contributed by atoms with E-state index in [9.17, 15) is 4.79 Å². The highest BCUT2D eigenvalue weighted by Crippen LogP contribution is 2.16. The third kappa shape index (κ3) is 7.25. The van der Waals surface area contributed by atoms with Crippen LogP contribution in [0.4, 0.5) is 0 Å². The molecule has 0 fully saturated rings. The lowest BCUT2D eigenvalue weighted by Crippen LogP contribution is -2.50. The first kappa shape index (κ1) is 20.3. The van der Waals surface area contributed by atoms with Crippen LogP contribution in [0.5, 0.6) is 0 Å². The highest BCUT2D eigenvalue weighted by Gasteiger charge is 2.32. The number of unbranched alkanes of at least 4 members (excludes halogenated alkanes) is 1. The van der Waals surface area contributed by atoms with Crippen molar-refractivity contribution in [1.29, 1.82) is 0 Å². The van der Waals surface area contributed by atoms with Gasteiger partial charge in [0.2, 0.25) is 0 Å². The van der Waals surface area contributed by atoms with Crippen molar-refractivity contribution in [2.75, 3.05) is 40.5 Å². The van der Waals surface area contributed by atoms with Crippen LogP contribution in [-0.4, -0.2) is 62.9 Å². The van der Waals surface area contributed by atoms with E-state index in [0.29, 0.717) is 6.04 Å². The molecule has 2 unspecified atom stereocenters. The van der Waals surface area contributed by atoms with Gasteiger partial charge in [-0.05, 0) is 52.7 Å². The summed E-state index contributed by atoms with van der Waals surface area (Å²) in [7, 11) is 3.19. The van der Waals surface area contributed by atoms with E-state index in [-0.39, 0.29) is 5.97 Å². The van der Waals surface area contributed by atoms with E-state index < -0.39 is 5.54 Å². The molecule has 0 saturated carbocycles. The summed E-state index contributed by atoms with van der Waals surface area (Å²) in [6.45, 7) is 11.9. The van der Waals surface area contributed by atoms with E-state index in [1.165, 1.54) is 7.11 Å². The lowest BCUT2D eigenvalue weighted by Gasteiger charge is -2.29. The van der Waals surface area contributed by atoms with Crippen LogP contribution < -0.4 is 5.32 Å². The number of rotatable bonds is 12.